The van der Waals surface area contributed by atoms with Gasteiger partial charge in [0.05, 0.1) is 13.2 Å². The van der Waals surface area contributed by atoms with Crippen molar-refractivity contribution in [1.82, 2.24) is 0 Å². The molecule has 0 radical (unpaired) electrons. The van der Waals surface area contributed by atoms with E-state index in [1.807, 2.05) is 13.8 Å². The average Bonchev–Trinajstić information content (AvgIpc) is 2.37. The molecule has 1 N–H and O–H groups in total. The third-order valence-corrected chi connectivity index (χ3v) is 2.50. The van der Waals surface area contributed by atoms with Crippen LogP contribution < -0.4 is 9.47 Å². The van der Waals surface area contributed by atoms with E-state index in [0.717, 1.165) is 11.1 Å². The molecule has 1 aromatic carbocycles. The van der Waals surface area contributed by atoms with Gasteiger partial charge in [-0.3, -0.25) is 0 Å². The van der Waals surface area contributed by atoms with E-state index in [0.29, 0.717) is 24.7 Å². The van der Waals surface area contributed by atoms with Gasteiger partial charge in [-0.25, -0.2) is 0 Å². The van der Waals surface area contributed by atoms with E-state index < -0.39 is 0 Å². The third-order valence-electron chi connectivity index (χ3n) is 2.13. The van der Waals surface area contributed by atoms with Crippen LogP contribution in [0.2, 0.25) is 0 Å². The minimum absolute atomic E-state index is 0.0129. The van der Waals surface area contributed by atoms with E-state index in [4.69, 9.17) is 26.2 Å². The maximum Gasteiger partial charge on any atom is 0.161 e. The van der Waals surface area contributed by atoms with Gasteiger partial charge in [-0.1, -0.05) is 17.7 Å². The highest BCUT2D eigenvalue weighted by Crippen LogP contribution is 2.28. The van der Waals surface area contributed by atoms with Gasteiger partial charge >= 0.3 is 0 Å². The van der Waals surface area contributed by atoms with Crippen LogP contribution in [0.25, 0.3) is 0 Å². The second-order valence-electron chi connectivity index (χ2n) is 3.62. The lowest BCUT2D eigenvalue weighted by atomic mass is 10.2. The summed E-state index contributed by atoms with van der Waals surface area (Å²) in [7, 11) is 0. The molecule has 94 valence electrons. The van der Waals surface area contributed by atoms with E-state index in [9.17, 15) is 0 Å². The molecule has 0 aliphatic heterocycles. The number of hydrogen-bond acceptors (Lipinski definition) is 3. The lowest BCUT2D eigenvalue weighted by Gasteiger charge is -2.12. The molecule has 0 saturated heterocycles. The molecule has 4 heteroatoms. The molecular formula is C13H17ClO3. The van der Waals surface area contributed by atoms with Crippen molar-refractivity contribution in [2.75, 3.05) is 13.2 Å². The number of benzene rings is 1. The van der Waals surface area contributed by atoms with Gasteiger partial charge in [0.15, 0.2) is 11.5 Å². The highest BCUT2D eigenvalue weighted by molar-refractivity contribution is 6.25. The summed E-state index contributed by atoms with van der Waals surface area (Å²) >= 11 is 5.56. The third kappa shape index (κ3) is 4.29. The Bertz CT molecular complexity index is 388. The minimum atomic E-state index is -0.0129. The summed E-state index contributed by atoms with van der Waals surface area (Å²) in [5, 5.41) is 9.05. The summed E-state index contributed by atoms with van der Waals surface area (Å²) in [5.41, 5.74) is 3.22. The monoisotopic (exact) mass is 256 g/mol. The second-order valence-corrected chi connectivity index (χ2v) is 3.83. The predicted molar refractivity (Wildman–Crippen MR) is 68.6 cm³/mol. The zero-order valence-corrected chi connectivity index (χ0v) is 10.8. The van der Waals surface area contributed by atoms with Crippen LogP contribution in [-0.2, 0) is 6.61 Å². The van der Waals surface area contributed by atoms with E-state index in [-0.39, 0.29) is 6.61 Å². The van der Waals surface area contributed by atoms with Crippen LogP contribution >= 0.6 is 11.6 Å². The Labute approximate surface area is 107 Å². The fourth-order valence-electron chi connectivity index (χ4n) is 1.26. The second kappa shape index (κ2) is 7.20. The van der Waals surface area contributed by atoms with Gasteiger partial charge in [-0.05, 0) is 37.1 Å². The van der Waals surface area contributed by atoms with Gasteiger partial charge in [0.25, 0.3) is 0 Å². The Morgan fingerprint density at radius 1 is 1.35 bits per heavy atom. The first-order valence-electron chi connectivity index (χ1n) is 5.46. The Morgan fingerprint density at radius 2 is 2.12 bits per heavy atom. The molecule has 0 unspecified atom stereocenters. The summed E-state index contributed by atoms with van der Waals surface area (Å²) in [6.45, 7) is 4.74. The lowest BCUT2D eigenvalue weighted by molar-refractivity contribution is 0.275. The average molecular weight is 257 g/mol. The van der Waals surface area contributed by atoms with Crippen molar-refractivity contribution in [1.29, 1.82) is 0 Å². The number of aliphatic hydroxyl groups is 1. The van der Waals surface area contributed by atoms with Gasteiger partial charge in [0.1, 0.15) is 6.61 Å². The largest absolute Gasteiger partial charge is 0.490 e. The molecule has 0 spiro atoms. The topological polar surface area (TPSA) is 38.7 Å². The standard InChI is InChI=1S/C13H17ClO3/c1-3-16-13-6-11(8-15)4-5-12(13)17-9-10(2)7-14/h4-7,15H,3,8-9H2,1-2H3/b10-7+. The zero-order chi connectivity index (χ0) is 12.7. The van der Waals surface area contributed by atoms with Crippen LogP contribution in [0.3, 0.4) is 0 Å². The number of hydrogen-bond donors (Lipinski definition) is 1. The van der Waals surface area contributed by atoms with Crippen LogP contribution in [0.1, 0.15) is 19.4 Å². The van der Waals surface area contributed by atoms with E-state index in [1.165, 1.54) is 5.54 Å². The smallest absolute Gasteiger partial charge is 0.161 e. The Balaban J connectivity index is 2.82. The molecule has 0 aliphatic rings. The van der Waals surface area contributed by atoms with Crippen molar-refractivity contribution in [3.05, 3.63) is 34.9 Å². The van der Waals surface area contributed by atoms with Crippen molar-refractivity contribution in [3.8, 4) is 11.5 Å². The highest BCUT2D eigenvalue weighted by atomic mass is 35.5. The van der Waals surface area contributed by atoms with E-state index in [2.05, 4.69) is 0 Å². The normalized spacial score (nSPS) is 11.4. The summed E-state index contributed by atoms with van der Waals surface area (Å²) in [4.78, 5) is 0. The molecular weight excluding hydrogens is 240 g/mol. The maximum absolute atomic E-state index is 9.05. The van der Waals surface area contributed by atoms with Gasteiger partial charge in [-0.15, -0.1) is 0 Å². The Morgan fingerprint density at radius 3 is 2.71 bits per heavy atom. The highest BCUT2D eigenvalue weighted by Gasteiger charge is 2.06. The Hall–Kier alpha value is -1.19. The minimum Gasteiger partial charge on any atom is -0.490 e. The van der Waals surface area contributed by atoms with Crippen LogP contribution in [0.5, 0.6) is 11.5 Å². The summed E-state index contributed by atoms with van der Waals surface area (Å²) in [5.74, 6) is 1.29. The molecule has 17 heavy (non-hydrogen) atoms. The molecule has 1 aromatic rings. The first-order chi connectivity index (χ1) is 8.21. The van der Waals surface area contributed by atoms with E-state index >= 15 is 0 Å². The number of ether oxygens (including phenoxy) is 2. The molecule has 3 nitrogen and oxygen atoms in total. The molecule has 0 atom stereocenters. The number of rotatable bonds is 6. The lowest BCUT2D eigenvalue weighted by Crippen LogP contribution is -2.02. The van der Waals surface area contributed by atoms with Gasteiger partial charge in [0.2, 0.25) is 0 Å². The predicted octanol–water partition coefficient (Wildman–Crippen LogP) is 3.10. The molecule has 1 rings (SSSR count). The molecule has 0 bridgehead atoms. The zero-order valence-electron chi connectivity index (χ0n) is 10.1. The molecule has 0 heterocycles. The van der Waals surface area contributed by atoms with Crippen molar-refractivity contribution < 1.29 is 14.6 Å². The van der Waals surface area contributed by atoms with Gasteiger partial charge in [0, 0.05) is 5.54 Å². The maximum atomic E-state index is 9.05. The van der Waals surface area contributed by atoms with Crippen LogP contribution in [0.15, 0.2) is 29.3 Å². The van der Waals surface area contributed by atoms with Crippen molar-refractivity contribution in [2.45, 2.75) is 20.5 Å². The van der Waals surface area contributed by atoms with Crippen LogP contribution in [0, 0.1) is 0 Å². The van der Waals surface area contributed by atoms with Crippen LogP contribution in [-0.4, -0.2) is 18.3 Å². The molecule has 0 fully saturated rings. The van der Waals surface area contributed by atoms with Crippen molar-refractivity contribution in [3.63, 3.8) is 0 Å². The van der Waals surface area contributed by atoms with Gasteiger partial charge < -0.3 is 14.6 Å². The molecule has 0 amide bonds. The first-order valence-corrected chi connectivity index (χ1v) is 5.90. The number of halogens is 1. The summed E-state index contributed by atoms with van der Waals surface area (Å²) in [6, 6.07) is 5.37. The quantitative estimate of drug-likeness (QED) is 0.850. The number of aliphatic hydroxyl groups excluding tert-OH is 1. The van der Waals surface area contributed by atoms with Crippen LogP contribution in [0.4, 0.5) is 0 Å². The fraction of sp³-hybridized carbons (Fsp3) is 0.385. The van der Waals surface area contributed by atoms with E-state index in [1.54, 1.807) is 18.2 Å². The fourth-order valence-corrected chi connectivity index (χ4v) is 1.32. The molecule has 0 saturated carbocycles. The Kier molecular flexibility index (Phi) is 5.87. The van der Waals surface area contributed by atoms with Gasteiger partial charge in [-0.2, -0.15) is 0 Å². The SMILES string of the molecule is CCOc1cc(CO)ccc1OC/C(C)=C/Cl. The van der Waals surface area contributed by atoms with Crippen molar-refractivity contribution >= 4 is 11.6 Å². The van der Waals surface area contributed by atoms with Crippen molar-refractivity contribution in [2.24, 2.45) is 0 Å². The summed E-state index contributed by atoms with van der Waals surface area (Å²) < 4.78 is 11.0. The molecule has 0 aliphatic carbocycles. The summed E-state index contributed by atoms with van der Waals surface area (Å²) in [6.07, 6.45) is 0. The first kappa shape index (κ1) is 13.9. The molecule has 0 aromatic heterocycles.